The summed E-state index contributed by atoms with van der Waals surface area (Å²) in [5, 5.41) is 20.8. The van der Waals surface area contributed by atoms with Gasteiger partial charge in [-0.3, -0.25) is 4.79 Å². The second-order valence-electron chi connectivity index (χ2n) is 6.76. The van der Waals surface area contributed by atoms with Crippen molar-refractivity contribution in [1.29, 1.82) is 5.26 Å². The largest absolute Gasteiger partial charge is 0.337 e. The number of aromatic nitrogens is 3. The zero-order valence-electron chi connectivity index (χ0n) is 13.4. The summed E-state index contributed by atoms with van der Waals surface area (Å²) in [6, 6.07) is 10.5. The average Bonchev–Trinajstić information content (AvgIpc) is 3.09. The quantitative estimate of drug-likeness (QED) is 0.906. The van der Waals surface area contributed by atoms with Crippen LogP contribution in [-0.2, 0) is 30.6 Å². The summed E-state index contributed by atoms with van der Waals surface area (Å²) in [5.74, 6) is 0.770. The zero-order chi connectivity index (χ0) is 16.6. The van der Waals surface area contributed by atoms with Crippen LogP contribution in [-0.4, -0.2) is 26.2 Å². The minimum atomic E-state index is -0.793. The Balaban J connectivity index is 1.50. The smallest absolute Gasteiger partial charge is 0.226 e. The van der Waals surface area contributed by atoms with E-state index < -0.39 is 5.54 Å². The first-order valence-corrected chi connectivity index (χ1v) is 8.36. The number of amides is 1. The SMILES string of the molecule is N#CC1(NC(=O)C2CCc3nncn3C2)CCc2ccccc2C1. The fourth-order valence-electron chi connectivity index (χ4n) is 3.77. The molecule has 2 aromatic rings. The molecule has 0 saturated carbocycles. The van der Waals surface area contributed by atoms with Gasteiger partial charge in [0, 0.05) is 19.4 Å². The fourth-order valence-corrected chi connectivity index (χ4v) is 3.77. The summed E-state index contributed by atoms with van der Waals surface area (Å²) < 4.78 is 1.93. The Morgan fingerprint density at radius 2 is 2.17 bits per heavy atom. The number of fused-ring (bicyclic) bond motifs is 2. The van der Waals surface area contributed by atoms with Gasteiger partial charge in [-0.1, -0.05) is 24.3 Å². The van der Waals surface area contributed by atoms with Crippen LogP contribution >= 0.6 is 0 Å². The molecule has 1 aromatic heterocycles. The van der Waals surface area contributed by atoms with Gasteiger partial charge in [0.15, 0.2) is 0 Å². The highest BCUT2D eigenvalue weighted by Gasteiger charge is 2.38. The van der Waals surface area contributed by atoms with Crippen LogP contribution in [0.15, 0.2) is 30.6 Å². The minimum absolute atomic E-state index is 0.0321. The molecular formula is C18H19N5O. The van der Waals surface area contributed by atoms with Gasteiger partial charge in [-0.25, -0.2) is 0 Å². The van der Waals surface area contributed by atoms with Crippen LogP contribution in [0.4, 0.5) is 0 Å². The molecule has 1 aliphatic carbocycles. The van der Waals surface area contributed by atoms with E-state index in [0.717, 1.165) is 30.7 Å². The average molecular weight is 321 g/mol. The number of carbonyl (C=O) groups is 1. The summed E-state index contributed by atoms with van der Waals surface area (Å²) in [7, 11) is 0. The van der Waals surface area contributed by atoms with Gasteiger partial charge >= 0.3 is 0 Å². The lowest BCUT2D eigenvalue weighted by Crippen LogP contribution is -2.53. The molecule has 2 heterocycles. The Kier molecular flexibility index (Phi) is 3.57. The van der Waals surface area contributed by atoms with Crippen molar-refractivity contribution in [2.45, 2.75) is 44.2 Å². The number of nitriles is 1. The first kappa shape index (κ1) is 14.9. The Labute approximate surface area is 140 Å². The van der Waals surface area contributed by atoms with Crippen molar-refractivity contribution in [3.8, 4) is 6.07 Å². The molecule has 2 atom stereocenters. The molecule has 6 heteroatoms. The van der Waals surface area contributed by atoms with E-state index in [2.05, 4.69) is 33.7 Å². The molecule has 0 fully saturated rings. The molecule has 122 valence electrons. The molecule has 0 saturated heterocycles. The van der Waals surface area contributed by atoms with E-state index in [1.165, 1.54) is 5.56 Å². The second-order valence-corrected chi connectivity index (χ2v) is 6.76. The maximum absolute atomic E-state index is 12.8. The molecule has 2 aliphatic rings. The van der Waals surface area contributed by atoms with Crippen molar-refractivity contribution in [2.24, 2.45) is 5.92 Å². The van der Waals surface area contributed by atoms with Crippen LogP contribution in [0.1, 0.15) is 29.8 Å². The van der Waals surface area contributed by atoms with Crippen LogP contribution in [0.25, 0.3) is 0 Å². The fraction of sp³-hybridized carbons (Fsp3) is 0.444. The third-order valence-electron chi connectivity index (χ3n) is 5.21. The van der Waals surface area contributed by atoms with Gasteiger partial charge in [-0.15, -0.1) is 10.2 Å². The standard InChI is InChI=1S/C18H19N5O/c19-11-18(8-7-13-3-1-2-4-14(13)9-18)21-17(24)15-5-6-16-22-20-12-23(16)10-15/h1-4,12,15H,5-10H2,(H,21,24). The molecule has 4 rings (SSSR count). The van der Waals surface area contributed by atoms with Gasteiger partial charge in [0.1, 0.15) is 17.7 Å². The van der Waals surface area contributed by atoms with Gasteiger partial charge in [-0.05, 0) is 30.4 Å². The van der Waals surface area contributed by atoms with E-state index in [1.54, 1.807) is 6.33 Å². The van der Waals surface area contributed by atoms with E-state index in [-0.39, 0.29) is 11.8 Å². The van der Waals surface area contributed by atoms with Crippen molar-refractivity contribution in [3.05, 3.63) is 47.5 Å². The predicted octanol–water partition coefficient (Wildman–Crippen LogP) is 1.41. The Morgan fingerprint density at radius 3 is 3.00 bits per heavy atom. The van der Waals surface area contributed by atoms with Crippen molar-refractivity contribution < 1.29 is 4.79 Å². The Hall–Kier alpha value is -2.68. The van der Waals surface area contributed by atoms with Gasteiger partial charge < -0.3 is 9.88 Å². The normalized spacial score (nSPS) is 25.2. The first-order chi connectivity index (χ1) is 11.7. The number of aryl methyl sites for hydroxylation is 2. The summed E-state index contributed by atoms with van der Waals surface area (Å²) >= 11 is 0. The molecule has 24 heavy (non-hydrogen) atoms. The van der Waals surface area contributed by atoms with E-state index in [1.807, 2.05) is 16.7 Å². The van der Waals surface area contributed by atoms with Crippen molar-refractivity contribution in [2.75, 3.05) is 0 Å². The van der Waals surface area contributed by atoms with Crippen molar-refractivity contribution >= 4 is 5.91 Å². The molecule has 0 spiro atoms. The van der Waals surface area contributed by atoms with E-state index in [0.29, 0.717) is 19.4 Å². The van der Waals surface area contributed by atoms with Gasteiger partial charge in [0.25, 0.3) is 0 Å². The topological polar surface area (TPSA) is 83.6 Å². The lowest BCUT2D eigenvalue weighted by Gasteiger charge is -2.35. The number of nitrogens with zero attached hydrogens (tertiary/aromatic N) is 4. The lowest BCUT2D eigenvalue weighted by molar-refractivity contribution is -0.127. The summed E-state index contributed by atoms with van der Waals surface area (Å²) in [5.41, 5.74) is 1.65. The van der Waals surface area contributed by atoms with Gasteiger partial charge in [-0.2, -0.15) is 5.26 Å². The third-order valence-corrected chi connectivity index (χ3v) is 5.21. The molecule has 1 aromatic carbocycles. The first-order valence-electron chi connectivity index (χ1n) is 8.36. The molecule has 1 N–H and O–H groups in total. The second kappa shape index (κ2) is 5.75. The van der Waals surface area contributed by atoms with Gasteiger partial charge in [0.2, 0.25) is 5.91 Å². The number of benzene rings is 1. The zero-order valence-corrected chi connectivity index (χ0v) is 13.4. The molecule has 1 aliphatic heterocycles. The molecule has 1 amide bonds. The lowest BCUT2D eigenvalue weighted by atomic mass is 9.78. The Bertz CT molecular complexity index is 821. The molecule has 2 unspecified atom stereocenters. The van der Waals surface area contributed by atoms with Crippen molar-refractivity contribution in [3.63, 3.8) is 0 Å². The number of hydrogen-bond acceptors (Lipinski definition) is 4. The van der Waals surface area contributed by atoms with E-state index in [9.17, 15) is 10.1 Å². The number of nitrogens with one attached hydrogen (secondary N) is 1. The molecular weight excluding hydrogens is 302 g/mol. The predicted molar refractivity (Wildman–Crippen MR) is 86.8 cm³/mol. The maximum Gasteiger partial charge on any atom is 0.226 e. The number of hydrogen-bond donors (Lipinski definition) is 1. The van der Waals surface area contributed by atoms with Crippen LogP contribution in [0.2, 0.25) is 0 Å². The van der Waals surface area contributed by atoms with E-state index >= 15 is 0 Å². The molecule has 0 bridgehead atoms. The van der Waals surface area contributed by atoms with Crippen LogP contribution in [0.5, 0.6) is 0 Å². The van der Waals surface area contributed by atoms with E-state index in [4.69, 9.17) is 0 Å². The summed E-state index contributed by atoms with van der Waals surface area (Å²) in [6.45, 7) is 0.590. The summed E-state index contributed by atoms with van der Waals surface area (Å²) in [4.78, 5) is 12.8. The molecule has 0 radical (unpaired) electrons. The highest BCUT2D eigenvalue weighted by atomic mass is 16.2. The minimum Gasteiger partial charge on any atom is -0.337 e. The van der Waals surface area contributed by atoms with Crippen LogP contribution in [0, 0.1) is 17.2 Å². The van der Waals surface area contributed by atoms with Gasteiger partial charge in [0.05, 0.1) is 12.0 Å². The Morgan fingerprint density at radius 1 is 1.33 bits per heavy atom. The summed E-state index contributed by atoms with van der Waals surface area (Å²) in [6.07, 6.45) is 5.24. The monoisotopic (exact) mass is 321 g/mol. The van der Waals surface area contributed by atoms with Crippen molar-refractivity contribution in [1.82, 2.24) is 20.1 Å². The molecule has 6 nitrogen and oxygen atoms in total. The maximum atomic E-state index is 12.8. The van der Waals surface area contributed by atoms with Crippen LogP contribution in [0.3, 0.4) is 0 Å². The van der Waals surface area contributed by atoms with Crippen LogP contribution < -0.4 is 5.32 Å². The third kappa shape index (κ3) is 2.56. The highest BCUT2D eigenvalue weighted by molar-refractivity contribution is 5.80. The number of rotatable bonds is 2. The number of carbonyl (C=O) groups excluding carboxylic acids is 1. The highest BCUT2D eigenvalue weighted by Crippen LogP contribution is 2.29.